The molecule has 0 heterocycles. The van der Waals surface area contributed by atoms with Gasteiger partial charge in [0.1, 0.15) is 0 Å². The number of hydrogen-bond donors (Lipinski definition) is 4. The summed E-state index contributed by atoms with van der Waals surface area (Å²) in [5, 5.41) is 0. The Bertz CT molecular complexity index is 263. The van der Waals surface area contributed by atoms with Gasteiger partial charge in [-0.3, -0.25) is 16.0 Å². The Kier molecular flexibility index (Phi) is 4.96. The highest BCUT2D eigenvalue weighted by Gasteiger charge is 2.41. The molecule has 0 aromatic rings. The molecule has 0 rings (SSSR count). The highest BCUT2D eigenvalue weighted by Crippen LogP contribution is 2.23. The van der Waals surface area contributed by atoms with Crippen LogP contribution < -0.4 is 17.2 Å². The molecule has 0 aliphatic carbocycles. The Morgan fingerprint density at radius 3 is 2.21 bits per heavy atom. The van der Waals surface area contributed by atoms with Crippen molar-refractivity contribution in [2.75, 3.05) is 6.54 Å². The van der Waals surface area contributed by atoms with Crippen LogP contribution in [0.5, 0.6) is 0 Å². The molecule has 0 bridgehead atoms. The molecular formula is C7H19N3O3S. The third-order valence-electron chi connectivity index (χ3n) is 2.33. The molecule has 0 saturated carbocycles. The first-order valence-corrected chi connectivity index (χ1v) is 5.96. The molecule has 7 N–H and O–H groups in total. The predicted octanol–water partition coefficient (Wildman–Crippen LogP) is -0.789. The number of rotatable bonds is 6. The van der Waals surface area contributed by atoms with Crippen LogP contribution in [-0.2, 0) is 10.1 Å². The molecule has 14 heavy (non-hydrogen) atoms. The monoisotopic (exact) mass is 225 g/mol. The van der Waals surface area contributed by atoms with E-state index in [0.29, 0.717) is 25.8 Å². The van der Waals surface area contributed by atoms with Crippen LogP contribution in [0.25, 0.3) is 0 Å². The van der Waals surface area contributed by atoms with Crippen LogP contribution in [0.15, 0.2) is 0 Å². The van der Waals surface area contributed by atoms with Crippen LogP contribution in [0, 0.1) is 5.92 Å². The maximum atomic E-state index is 10.9. The van der Waals surface area contributed by atoms with Gasteiger partial charge >= 0.3 is 0 Å². The summed E-state index contributed by atoms with van der Waals surface area (Å²) in [7, 11) is -4.43. The molecule has 0 saturated heterocycles. The van der Waals surface area contributed by atoms with E-state index >= 15 is 0 Å². The Morgan fingerprint density at radius 1 is 1.43 bits per heavy atom. The second-order valence-corrected chi connectivity index (χ2v) is 5.02. The molecule has 0 fully saturated rings. The van der Waals surface area contributed by atoms with Crippen molar-refractivity contribution in [3.8, 4) is 0 Å². The topological polar surface area (TPSA) is 132 Å². The van der Waals surface area contributed by atoms with Gasteiger partial charge in [0, 0.05) is 5.92 Å². The molecule has 0 radical (unpaired) electrons. The lowest BCUT2D eigenvalue weighted by atomic mass is 9.97. The SMILES string of the molecule is CCC(CCCN)C(N)(N)S(=O)(=O)O. The minimum atomic E-state index is -4.43. The second kappa shape index (κ2) is 5.04. The molecule has 0 aromatic heterocycles. The van der Waals surface area contributed by atoms with Crippen molar-refractivity contribution in [1.29, 1.82) is 0 Å². The highest BCUT2D eigenvalue weighted by molar-refractivity contribution is 7.87. The summed E-state index contributed by atoms with van der Waals surface area (Å²) in [4.78, 5) is -2.07. The van der Waals surface area contributed by atoms with Crippen molar-refractivity contribution in [3.05, 3.63) is 0 Å². The van der Waals surface area contributed by atoms with Gasteiger partial charge in [0.05, 0.1) is 0 Å². The normalized spacial score (nSPS) is 15.5. The molecule has 0 amide bonds. The number of hydrogen-bond acceptors (Lipinski definition) is 5. The molecule has 7 heteroatoms. The Balaban J connectivity index is 4.66. The van der Waals surface area contributed by atoms with E-state index in [2.05, 4.69) is 0 Å². The van der Waals surface area contributed by atoms with E-state index in [9.17, 15) is 8.42 Å². The van der Waals surface area contributed by atoms with E-state index in [0.717, 1.165) is 0 Å². The average molecular weight is 225 g/mol. The molecule has 0 aliphatic heterocycles. The van der Waals surface area contributed by atoms with E-state index in [1.54, 1.807) is 6.92 Å². The fourth-order valence-electron chi connectivity index (χ4n) is 1.32. The van der Waals surface area contributed by atoms with Crippen molar-refractivity contribution in [2.45, 2.75) is 31.2 Å². The summed E-state index contributed by atoms with van der Waals surface area (Å²) in [6.07, 6.45) is 1.59. The zero-order valence-corrected chi connectivity index (χ0v) is 9.13. The first-order chi connectivity index (χ1) is 6.27. The fraction of sp³-hybridized carbons (Fsp3) is 1.00. The van der Waals surface area contributed by atoms with Crippen molar-refractivity contribution >= 4 is 10.1 Å². The standard InChI is InChI=1S/C7H19N3O3S/c1-2-6(4-3-5-8)7(9,10)14(11,12)13/h6H,2-5,8-10H2,1H3,(H,11,12,13). The van der Waals surface area contributed by atoms with Crippen molar-refractivity contribution in [3.63, 3.8) is 0 Å². The average Bonchev–Trinajstić information content (AvgIpc) is 2.03. The number of nitrogens with two attached hydrogens (primary N) is 3. The van der Waals surface area contributed by atoms with E-state index < -0.39 is 21.0 Å². The zero-order valence-electron chi connectivity index (χ0n) is 8.31. The Morgan fingerprint density at radius 2 is 1.93 bits per heavy atom. The summed E-state index contributed by atoms with van der Waals surface area (Å²) in [5.74, 6) is -0.485. The van der Waals surface area contributed by atoms with Crippen LogP contribution >= 0.6 is 0 Å². The molecule has 1 unspecified atom stereocenters. The quantitative estimate of drug-likeness (QED) is 0.346. The molecule has 1 atom stereocenters. The first-order valence-electron chi connectivity index (χ1n) is 4.52. The summed E-state index contributed by atoms with van der Waals surface area (Å²) in [5.41, 5.74) is 16.1. The van der Waals surface area contributed by atoms with Gasteiger partial charge in [-0.2, -0.15) is 8.42 Å². The van der Waals surface area contributed by atoms with Gasteiger partial charge in [-0.05, 0) is 25.8 Å². The van der Waals surface area contributed by atoms with E-state index in [1.165, 1.54) is 0 Å². The summed E-state index contributed by atoms with van der Waals surface area (Å²) < 4.78 is 30.6. The van der Waals surface area contributed by atoms with Gasteiger partial charge < -0.3 is 5.73 Å². The van der Waals surface area contributed by atoms with Crippen LogP contribution in [0.1, 0.15) is 26.2 Å². The van der Waals surface area contributed by atoms with E-state index in [1.807, 2.05) is 0 Å². The maximum Gasteiger partial charge on any atom is 0.297 e. The highest BCUT2D eigenvalue weighted by atomic mass is 32.2. The molecule has 6 nitrogen and oxygen atoms in total. The molecule has 0 spiro atoms. The molecule has 0 aromatic carbocycles. The lowest BCUT2D eigenvalue weighted by Gasteiger charge is -2.29. The third-order valence-corrected chi connectivity index (χ3v) is 3.56. The van der Waals surface area contributed by atoms with E-state index in [-0.39, 0.29) is 0 Å². The Labute approximate surface area is 84.6 Å². The summed E-state index contributed by atoms with van der Waals surface area (Å²) in [6.45, 7) is 2.21. The van der Waals surface area contributed by atoms with Gasteiger partial charge in [0.15, 0.2) is 4.99 Å². The van der Waals surface area contributed by atoms with Crippen molar-refractivity contribution in [1.82, 2.24) is 0 Å². The van der Waals surface area contributed by atoms with Gasteiger partial charge in [0.2, 0.25) is 0 Å². The van der Waals surface area contributed by atoms with Gasteiger partial charge in [-0.15, -0.1) is 0 Å². The summed E-state index contributed by atoms with van der Waals surface area (Å²) in [6, 6.07) is 0. The second-order valence-electron chi connectivity index (χ2n) is 3.36. The van der Waals surface area contributed by atoms with Crippen molar-refractivity contribution in [2.24, 2.45) is 23.1 Å². The van der Waals surface area contributed by atoms with Crippen LogP contribution in [-0.4, -0.2) is 24.5 Å². The van der Waals surface area contributed by atoms with Crippen molar-refractivity contribution < 1.29 is 13.0 Å². The molecule has 0 aliphatic rings. The largest absolute Gasteiger partial charge is 0.330 e. The van der Waals surface area contributed by atoms with Crippen LogP contribution in [0.4, 0.5) is 0 Å². The predicted molar refractivity (Wildman–Crippen MR) is 54.7 cm³/mol. The fourth-order valence-corrected chi connectivity index (χ4v) is 2.03. The van der Waals surface area contributed by atoms with Gasteiger partial charge in [0.25, 0.3) is 10.1 Å². The minimum Gasteiger partial charge on any atom is -0.330 e. The van der Waals surface area contributed by atoms with Crippen LogP contribution in [0.2, 0.25) is 0 Å². The van der Waals surface area contributed by atoms with Gasteiger partial charge in [-0.25, -0.2) is 0 Å². The van der Waals surface area contributed by atoms with Gasteiger partial charge in [-0.1, -0.05) is 6.92 Å². The third kappa shape index (κ3) is 3.18. The molecular weight excluding hydrogens is 206 g/mol. The Hall–Kier alpha value is -0.210. The lowest BCUT2D eigenvalue weighted by Crippen LogP contribution is -2.61. The molecule has 86 valence electrons. The van der Waals surface area contributed by atoms with E-state index in [4.69, 9.17) is 21.8 Å². The maximum absolute atomic E-state index is 10.9. The first kappa shape index (κ1) is 13.8. The zero-order chi connectivity index (χ0) is 11.4. The minimum absolute atomic E-state index is 0.443. The smallest absolute Gasteiger partial charge is 0.297 e. The summed E-state index contributed by atoms with van der Waals surface area (Å²) >= 11 is 0. The lowest BCUT2D eigenvalue weighted by molar-refractivity contribution is 0.306. The van der Waals surface area contributed by atoms with Crippen LogP contribution in [0.3, 0.4) is 0 Å².